The zero-order chi connectivity index (χ0) is 29.3. The topological polar surface area (TPSA) is 69.9 Å². The van der Waals surface area contributed by atoms with Crippen molar-refractivity contribution < 1.29 is 23.0 Å². The molecular formula is C30H22F2I2N2O4S. The standard InChI is InChI=1S/C30H22F2I2N2O4S/c1-3-39-29(38)25-16(2)35-30-36(26(25)18-6-10-21(32)11-7-18)28(37)24(41-30)13-19-12-22(33)14-23(34)27(19)40-15-17-4-8-20(31)9-5-17/h4-14,26H,3,15H2,1-2H3/b24-13-/t26-/m1/s1. The molecule has 0 amide bonds. The maximum atomic E-state index is 13.9. The lowest BCUT2D eigenvalue weighted by Crippen LogP contribution is -2.39. The molecule has 0 N–H and O–H groups in total. The smallest absolute Gasteiger partial charge is 0.338 e. The molecule has 0 bridgehead atoms. The molecule has 5 rings (SSSR count). The van der Waals surface area contributed by atoms with E-state index in [-0.39, 0.29) is 30.2 Å². The van der Waals surface area contributed by atoms with Gasteiger partial charge in [-0.25, -0.2) is 18.6 Å². The Hall–Kier alpha value is -2.91. The average Bonchev–Trinajstić information content (AvgIpc) is 3.23. The predicted molar refractivity (Wildman–Crippen MR) is 169 cm³/mol. The van der Waals surface area contributed by atoms with Crippen molar-refractivity contribution in [2.24, 2.45) is 4.99 Å². The van der Waals surface area contributed by atoms with Crippen molar-refractivity contribution in [2.45, 2.75) is 26.5 Å². The number of hydrogen-bond acceptors (Lipinski definition) is 6. The Bertz CT molecular complexity index is 1850. The van der Waals surface area contributed by atoms with Crippen LogP contribution in [0.2, 0.25) is 0 Å². The molecule has 1 aliphatic rings. The number of thiazole rings is 1. The minimum Gasteiger partial charge on any atom is -0.487 e. The highest BCUT2D eigenvalue weighted by atomic mass is 127. The first-order chi connectivity index (χ1) is 19.7. The summed E-state index contributed by atoms with van der Waals surface area (Å²) in [5, 5.41) is 0. The maximum Gasteiger partial charge on any atom is 0.338 e. The lowest BCUT2D eigenvalue weighted by Gasteiger charge is -2.24. The Kier molecular flexibility index (Phi) is 9.04. The Balaban J connectivity index is 1.64. The predicted octanol–water partition coefficient (Wildman–Crippen LogP) is 5.86. The van der Waals surface area contributed by atoms with E-state index in [0.717, 1.165) is 12.7 Å². The number of hydrogen-bond donors (Lipinski definition) is 0. The number of carbonyl (C=O) groups is 1. The van der Waals surface area contributed by atoms with E-state index < -0.39 is 17.8 Å². The fourth-order valence-electron chi connectivity index (χ4n) is 4.47. The van der Waals surface area contributed by atoms with Crippen LogP contribution in [0.1, 0.15) is 36.6 Å². The minimum absolute atomic E-state index is 0.155. The van der Waals surface area contributed by atoms with Crippen molar-refractivity contribution >= 4 is 68.6 Å². The molecule has 11 heteroatoms. The van der Waals surface area contributed by atoms with Gasteiger partial charge in [0.1, 0.15) is 24.0 Å². The van der Waals surface area contributed by atoms with Crippen molar-refractivity contribution in [3.05, 3.63) is 127 Å². The molecule has 3 aromatic carbocycles. The van der Waals surface area contributed by atoms with Crippen LogP contribution in [0.4, 0.5) is 8.78 Å². The number of rotatable bonds is 7. The number of aromatic nitrogens is 1. The van der Waals surface area contributed by atoms with Gasteiger partial charge >= 0.3 is 5.97 Å². The molecule has 41 heavy (non-hydrogen) atoms. The van der Waals surface area contributed by atoms with Crippen LogP contribution in [0.5, 0.6) is 5.75 Å². The summed E-state index contributed by atoms with van der Waals surface area (Å²) in [5.41, 5.74) is 2.35. The van der Waals surface area contributed by atoms with Crippen molar-refractivity contribution in [3.63, 3.8) is 0 Å². The molecule has 1 atom stereocenters. The van der Waals surface area contributed by atoms with E-state index in [9.17, 15) is 18.4 Å². The van der Waals surface area contributed by atoms with E-state index in [1.54, 1.807) is 44.2 Å². The highest BCUT2D eigenvalue weighted by Crippen LogP contribution is 2.32. The Morgan fingerprint density at radius 3 is 2.39 bits per heavy atom. The van der Waals surface area contributed by atoms with Crippen LogP contribution >= 0.6 is 56.5 Å². The lowest BCUT2D eigenvalue weighted by molar-refractivity contribution is -0.139. The van der Waals surface area contributed by atoms with E-state index in [2.05, 4.69) is 50.2 Å². The van der Waals surface area contributed by atoms with Crippen LogP contribution in [0.15, 0.2) is 81.7 Å². The molecule has 0 radical (unpaired) electrons. The van der Waals surface area contributed by atoms with Crippen molar-refractivity contribution in [2.75, 3.05) is 6.61 Å². The van der Waals surface area contributed by atoms with Gasteiger partial charge in [-0.2, -0.15) is 0 Å². The third-order valence-corrected chi connectivity index (χ3v) is 8.73. The van der Waals surface area contributed by atoms with Gasteiger partial charge in [0.2, 0.25) is 0 Å². The first-order valence-corrected chi connectivity index (χ1v) is 15.4. The van der Waals surface area contributed by atoms with Crippen LogP contribution in [-0.2, 0) is 16.1 Å². The number of carbonyl (C=O) groups excluding carboxylic acids is 1. The summed E-state index contributed by atoms with van der Waals surface area (Å²) in [4.78, 5) is 32.0. The van der Waals surface area contributed by atoms with E-state index in [1.807, 2.05) is 12.1 Å². The summed E-state index contributed by atoms with van der Waals surface area (Å²) < 4.78 is 42.3. The molecular weight excluding hydrogens is 776 g/mol. The van der Waals surface area contributed by atoms with E-state index >= 15 is 0 Å². The average molecular weight is 798 g/mol. The van der Waals surface area contributed by atoms with E-state index in [4.69, 9.17) is 9.47 Å². The van der Waals surface area contributed by atoms with Gasteiger partial charge in [0.25, 0.3) is 5.56 Å². The van der Waals surface area contributed by atoms with Gasteiger partial charge in [-0.05, 0) is 113 Å². The summed E-state index contributed by atoms with van der Waals surface area (Å²) in [6.07, 6.45) is 1.75. The number of halogens is 4. The van der Waals surface area contributed by atoms with Crippen molar-refractivity contribution in [3.8, 4) is 5.75 Å². The summed E-state index contributed by atoms with van der Waals surface area (Å²) in [6.45, 7) is 3.77. The number of ether oxygens (including phenoxy) is 2. The van der Waals surface area contributed by atoms with Crippen LogP contribution in [0.25, 0.3) is 6.08 Å². The largest absolute Gasteiger partial charge is 0.487 e. The van der Waals surface area contributed by atoms with Gasteiger partial charge in [0, 0.05) is 9.13 Å². The van der Waals surface area contributed by atoms with Gasteiger partial charge < -0.3 is 9.47 Å². The van der Waals surface area contributed by atoms with E-state index in [0.29, 0.717) is 31.9 Å². The molecule has 210 valence electrons. The fourth-order valence-corrected chi connectivity index (χ4v) is 7.55. The van der Waals surface area contributed by atoms with Crippen molar-refractivity contribution in [1.82, 2.24) is 4.57 Å². The molecule has 2 heterocycles. The van der Waals surface area contributed by atoms with Crippen LogP contribution in [-0.4, -0.2) is 17.1 Å². The molecule has 6 nitrogen and oxygen atoms in total. The number of nitrogens with zero attached hydrogens (tertiary/aromatic N) is 2. The molecule has 4 aromatic rings. The summed E-state index contributed by atoms with van der Waals surface area (Å²) in [5.74, 6) is -0.754. The molecule has 0 saturated heterocycles. The highest BCUT2D eigenvalue weighted by molar-refractivity contribution is 14.1. The normalized spacial score (nSPS) is 15.0. The molecule has 1 aliphatic heterocycles. The zero-order valence-corrected chi connectivity index (χ0v) is 26.9. The Morgan fingerprint density at radius 1 is 1.07 bits per heavy atom. The monoisotopic (exact) mass is 798 g/mol. The summed E-state index contributed by atoms with van der Waals surface area (Å²) in [6, 6.07) is 14.8. The number of esters is 1. The van der Waals surface area contributed by atoms with Crippen LogP contribution in [0, 0.1) is 18.8 Å². The molecule has 1 aromatic heterocycles. The second kappa shape index (κ2) is 12.5. The van der Waals surface area contributed by atoms with Gasteiger partial charge in [-0.15, -0.1) is 0 Å². The third kappa shape index (κ3) is 6.31. The third-order valence-electron chi connectivity index (χ3n) is 6.32. The first kappa shape index (κ1) is 29.6. The zero-order valence-electron chi connectivity index (χ0n) is 21.8. The van der Waals surface area contributed by atoms with Crippen LogP contribution in [0.3, 0.4) is 0 Å². The fraction of sp³-hybridized carbons (Fsp3) is 0.167. The molecule has 0 spiro atoms. The van der Waals surface area contributed by atoms with Gasteiger partial charge in [0.05, 0.1) is 32.0 Å². The molecule has 0 fully saturated rings. The van der Waals surface area contributed by atoms with Gasteiger partial charge in [-0.1, -0.05) is 35.6 Å². The Morgan fingerprint density at radius 2 is 1.73 bits per heavy atom. The quantitative estimate of drug-likeness (QED) is 0.174. The number of fused-ring (bicyclic) bond motifs is 1. The van der Waals surface area contributed by atoms with Gasteiger partial charge in [0.15, 0.2) is 4.80 Å². The molecule has 0 aliphatic carbocycles. The number of benzene rings is 3. The van der Waals surface area contributed by atoms with E-state index in [1.165, 1.54) is 40.2 Å². The van der Waals surface area contributed by atoms with Crippen LogP contribution < -0.4 is 19.6 Å². The maximum absolute atomic E-state index is 13.9. The summed E-state index contributed by atoms with van der Waals surface area (Å²) in [7, 11) is 0. The summed E-state index contributed by atoms with van der Waals surface area (Å²) >= 11 is 5.58. The molecule has 0 unspecified atom stereocenters. The number of allylic oxidation sites excluding steroid dienone is 1. The second-order valence-corrected chi connectivity index (χ2v) is 12.5. The SMILES string of the molecule is CCOC(=O)C1=C(C)N=c2s/c(=C\c3cc(I)cc(I)c3OCc3ccc(F)cc3)c(=O)n2[C@@H]1c1ccc(F)cc1. The first-order valence-electron chi connectivity index (χ1n) is 12.5. The Labute approximate surface area is 265 Å². The molecule has 0 saturated carbocycles. The second-order valence-electron chi connectivity index (χ2n) is 9.07. The lowest BCUT2D eigenvalue weighted by atomic mass is 9.96. The highest BCUT2D eigenvalue weighted by Gasteiger charge is 2.33. The van der Waals surface area contributed by atoms with Gasteiger partial charge in [-0.3, -0.25) is 9.36 Å². The minimum atomic E-state index is -0.835. The van der Waals surface area contributed by atoms with Crippen molar-refractivity contribution in [1.29, 1.82) is 0 Å².